The molecule has 0 saturated carbocycles. The Hall–Kier alpha value is -2.36. The molecule has 1 unspecified atom stereocenters. The predicted molar refractivity (Wildman–Crippen MR) is 101 cm³/mol. The van der Waals surface area contributed by atoms with E-state index in [1.807, 2.05) is 0 Å². The molecule has 0 spiro atoms. The lowest BCUT2D eigenvalue weighted by Gasteiger charge is -2.43. The van der Waals surface area contributed by atoms with Crippen LogP contribution in [0.5, 0.6) is 0 Å². The van der Waals surface area contributed by atoms with Gasteiger partial charge in [-0.25, -0.2) is 8.78 Å². The molecule has 2 saturated heterocycles. The molecule has 2 fully saturated rings. The Labute approximate surface area is 164 Å². The molecular formula is C19H19F2N3O3S. The summed E-state index contributed by atoms with van der Waals surface area (Å²) in [5.74, 6) is -2.91. The Morgan fingerprint density at radius 1 is 1.18 bits per heavy atom. The van der Waals surface area contributed by atoms with Crippen LogP contribution in [0.2, 0.25) is 0 Å². The van der Waals surface area contributed by atoms with Gasteiger partial charge in [-0.3, -0.25) is 14.5 Å². The standard InChI is InChI=1S/C19H19F2N3O3S/c20-15-8-16(21)17(22-18(25)12-1-6-28-11-12)7-14(15)19(26)24-3-2-23-4-5-27-10-13(23)9-24/h1,6-8,11,13H,2-5,9-10H2,(H,22,25). The topological polar surface area (TPSA) is 61.9 Å². The quantitative estimate of drug-likeness (QED) is 0.849. The Morgan fingerprint density at radius 3 is 2.82 bits per heavy atom. The smallest absolute Gasteiger partial charge is 0.257 e. The summed E-state index contributed by atoms with van der Waals surface area (Å²) in [7, 11) is 0. The second-order valence-electron chi connectivity index (χ2n) is 6.79. The van der Waals surface area contributed by atoms with Crippen LogP contribution in [0.1, 0.15) is 20.7 Å². The predicted octanol–water partition coefficient (Wildman–Crippen LogP) is 2.44. The molecule has 2 aromatic rings. The van der Waals surface area contributed by atoms with Crippen LogP contribution in [0.4, 0.5) is 14.5 Å². The zero-order valence-corrected chi connectivity index (χ0v) is 15.8. The lowest BCUT2D eigenvalue weighted by Crippen LogP contribution is -2.59. The van der Waals surface area contributed by atoms with Crippen molar-refractivity contribution in [1.82, 2.24) is 9.80 Å². The summed E-state index contributed by atoms with van der Waals surface area (Å²) in [5, 5.41) is 5.75. The zero-order chi connectivity index (χ0) is 19.7. The number of rotatable bonds is 3. The fourth-order valence-corrected chi connectivity index (χ4v) is 4.13. The third-order valence-electron chi connectivity index (χ3n) is 5.04. The lowest BCUT2D eigenvalue weighted by molar-refractivity contribution is -0.0395. The molecule has 9 heteroatoms. The summed E-state index contributed by atoms with van der Waals surface area (Å²) in [6.07, 6.45) is 0. The van der Waals surface area contributed by atoms with Crippen molar-refractivity contribution in [3.8, 4) is 0 Å². The van der Waals surface area contributed by atoms with Gasteiger partial charge in [0, 0.05) is 37.6 Å². The second kappa shape index (κ2) is 7.94. The Morgan fingerprint density at radius 2 is 2.04 bits per heavy atom. The summed E-state index contributed by atoms with van der Waals surface area (Å²) in [5.41, 5.74) is -0.109. The number of halogens is 2. The number of piperazine rings is 1. The van der Waals surface area contributed by atoms with Crippen molar-refractivity contribution in [3.05, 3.63) is 51.7 Å². The van der Waals surface area contributed by atoms with Gasteiger partial charge < -0.3 is 15.0 Å². The fraction of sp³-hybridized carbons (Fsp3) is 0.368. The van der Waals surface area contributed by atoms with E-state index in [0.717, 1.165) is 12.6 Å². The molecule has 3 heterocycles. The van der Waals surface area contributed by atoms with Gasteiger partial charge in [0.05, 0.1) is 36.1 Å². The van der Waals surface area contributed by atoms with Gasteiger partial charge in [0.25, 0.3) is 11.8 Å². The number of carbonyl (C=O) groups is 2. The first-order chi connectivity index (χ1) is 13.5. The molecule has 1 atom stereocenters. The molecule has 1 N–H and O–H groups in total. The highest BCUT2D eigenvalue weighted by molar-refractivity contribution is 7.08. The summed E-state index contributed by atoms with van der Waals surface area (Å²) in [6, 6.07) is 3.38. The number of carbonyl (C=O) groups excluding carboxylic acids is 2. The number of thiophene rings is 1. The highest BCUT2D eigenvalue weighted by atomic mass is 32.1. The van der Waals surface area contributed by atoms with Gasteiger partial charge in [-0.2, -0.15) is 11.3 Å². The summed E-state index contributed by atoms with van der Waals surface area (Å²) in [4.78, 5) is 28.8. The van der Waals surface area contributed by atoms with Crippen LogP contribution in [0.15, 0.2) is 29.0 Å². The number of morpholine rings is 1. The van der Waals surface area contributed by atoms with Gasteiger partial charge in [-0.1, -0.05) is 0 Å². The van der Waals surface area contributed by atoms with Gasteiger partial charge in [-0.05, 0) is 17.5 Å². The number of amides is 2. The zero-order valence-electron chi connectivity index (χ0n) is 15.0. The fourth-order valence-electron chi connectivity index (χ4n) is 3.50. The minimum absolute atomic E-state index is 0.0766. The van der Waals surface area contributed by atoms with Crippen LogP contribution in [-0.2, 0) is 4.74 Å². The van der Waals surface area contributed by atoms with Gasteiger partial charge in [0.1, 0.15) is 11.6 Å². The molecule has 148 valence electrons. The number of nitrogens with one attached hydrogen (secondary N) is 1. The first kappa shape index (κ1) is 19.0. The van der Waals surface area contributed by atoms with E-state index >= 15 is 0 Å². The highest BCUT2D eigenvalue weighted by Crippen LogP contribution is 2.23. The van der Waals surface area contributed by atoms with E-state index in [4.69, 9.17) is 4.74 Å². The number of hydrogen-bond donors (Lipinski definition) is 1. The molecule has 1 aromatic heterocycles. The normalized spacial score (nSPS) is 19.9. The summed E-state index contributed by atoms with van der Waals surface area (Å²) in [6.45, 7) is 3.58. The minimum atomic E-state index is -0.946. The molecule has 2 aliphatic rings. The van der Waals surface area contributed by atoms with Crippen molar-refractivity contribution in [1.29, 1.82) is 0 Å². The number of fused-ring (bicyclic) bond motifs is 1. The maximum Gasteiger partial charge on any atom is 0.257 e. The van der Waals surface area contributed by atoms with Gasteiger partial charge in [0.2, 0.25) is 0 Å². The van der Waals surface area contributed by atoms with Crippen molar-refractivity contribution >= 4 is 28.8 Å². The van der Waals surface area contributed by atoms with E-state index in [-0.39, 0.29) is 17.3 Å². The van der Waals surface area contributed by atoms with Crippen LogP contribution >= 0.6 is 11.3 Å². The summed E-state index contributed by atoms with van der Waals surface area (Å²) < 4.78 is 34.0. The minimum Gasteiger partial charge on any atom is -0.378 e. The van der Waals surface area contributed by atoms with E-state index in [0.29, 0.717) is 44.5 Å². The number of anilines is 1. The maximum atomic E-state index is 14.3. The van der Waals surface area contributed by atoms with Crippen molar-refractivity contribution in [2.45, 2.75) is 6.04 Å². The molecule has 0 radical (unpaired) electrons. The van der Waals surface area contributed by atoms with Crippen LogP contribution in [0, 0.1) is 11.6 Å². The van der Waals surface area contributed by atoms with Crippen molar-refractivity contribution in [2.24, 2.45) is 0 Å². The molecule has 6 nitrogen and oxygen atoms in total. The molecular weight excluding hydrogens is 388 g/mol. The van der Waals surface area contributed by atoms with Crippen LogP contribution in [0.25, 0.3) is 0 Å². The third kappa shape index (κ3) is 3.78. The van der Waals surface area contributed by atoms with Crippen LogP contribution in [0.3, 0.4) is 0 Å². The molecule has 2 aliphatic heterocycles. The first-order valence-corrected chi connectivity index (χ1v) is 9.91. The Balaban J connectivity index is 1.53. The molecule has 1 aromatic carbocycles. The molecule has 0 bridgehead atoms. The Kier molecular flexibility index (Phi) is 5.38. The molecule has 28 heavy (non-hydrogen) atoms. The summed E-state index contributed by atoms with van der Waals surface area (Å²) >= 11 is 1.33. The van der Waals surface area contributed by atoms with Crippen molar-refractivity contribution < 1.29 is 23.1 Å². The number of hydrogen-bond acceptors (Lipinski definition) is 5. The van der Waals surface area contributed by atoms with Crippen molar-refractivity contribution in [2.75, 3.05) is 44.7 Å². The van der Waals surface area contributed by atoms with Gasteiger partial charge in [-0.15, -0.1) is 0 Å². The third-order valence-corrected chi connectivity index (χ3v) is 5.73. The molecule has 0 aliphatic carbocycles. The lowest BCUT2D eigenvalue weighted by atomic mass is 10.1. The molecule has 4 rings (SSSR count). The average molecular weight is 407 g/mol. The largest absolute Gasteiger partial charge is 0.378 e. The second-order valence-corrected chi connectivity index (χ2v) is 7.57. The number of ether oxygens (including phenoxy) is 1. The molecule has 2 amide bonds. The number of nitrogens with zero attached hydrogens (tertiary/aromatic N) is 2. The van der Waals surface area contributed by atoms with E-state index in [2.05, 4.69) is 10.2 Å². The SMILES string of the molecule is O=C(Nc1cc(C(=O)N2CCN3CCOCC3C2)c(F)cc1F)c1ccsc1. The maximum absolute atomic E-state index is 14.3. The number of benzene rings is 1. The average Bonchev–Trinajstić information content (AvgIpc) is 3.24. The monoisotopic (exact) mass is 407 g/mol. The van der Waals surface area contributed by atoms with E-state index in [1.54, 1.807) is 21.7 Å². The van der Waals surface area contributed by atoms with Gasteiger partial charge >= 0.3 is 0 Å². The van der Waals surface area contributed by atoms with Crippen LogP contribution < -0.4 is 5.32 Å². The highest BCUT2D eigenvalue weighted by Gasteiger charge is 2.33. The van der Waals surface area contributed by atoms with E-state index in [9.17, 15) is 18.4 Å². The first-order valence-electron chi connectivity index (χ1n) is 8.96. The van der Waals surface area contributed by atoms with E-state index in [1.165, 1.54) is 11.3 Å². The van der Waals surface area contributed by atoms with Crippen molar-refractivity contribution in [3.63, 3.8) is 0 Å². The van der Waals surface area contributed by atoms with Crippen LogP contribution in [-0.4, -0.2) is 67.0 Å². The van der Waals surface area contributed by atoms with Gasteiger partial charge in [0.15, 0.2) is 0 Å². The Bertz CT molecular complexity index is 891. The van der Waals surface area contributed by atoms with E-state index < -0.39 is 23.4 Å².